The maximum absolute atomic E-state index is 12.6. The minimum Gasteiger partial charge on any atom is -0.496 e. The lowest BCUT2D eigenvalue weighted by atomic mass is 9.79. The molecule has 0 N–H and O–H groups in total. The van der Waals surface area contributed by atoms with Gasteiger partial charge in [0.05, 0.1) is 12.7 Å². The molecule has 2 nitrogen and oxygen atoms in total. The Morgan fingerprint density at radius 2 is 1.89 bits per heavy atom. The number of Topliss-reactive ketones (excluding diaryl/α,β-unsaturated/α-hetero) is 1. The Hall–Kier alpha value is -1.31. The molecule has 1 aromatic carbocycles. The molecule has 0 heterocycles. The highest BCUT2D eigenvalue weighted by Gasteiger charge is 2.26. The molecule has 0 unspecified atom stereocenters. The summed E-state index contributed by atoms with van der Waals surface area (Å²) in [5.74, 6) is 1.94. The van der Waals surface area contributed by atoms with E-state index in [9.17, 15) is 4.79 Å². The Morgan fingerprint density at radius 3 is 2.50 bits per heavy atom. The molecule has 0 atom stereocenters. The maximum Gasteiger partial charge on any atom is 0.169 e. The van der Waals surface area contributed by atoms with Crippen LogP contribution in [0.1, 0.15) is 48.5 Å². The van der Waals surface area contributed by atoms with Crippen LogP contribution in [0.25, 0.3) is 0 Å². The Labute approximate surface area is 109 Å². The standard InChI is InChI=1S/C16H22O2/c1-11-4-7-13(8-5-11)16(17)14-10-12(2)6-9-15(14)18-3/h6,9-11,13H,4-5,7-8H2,1-3H3. The van der Waals surface area contributed by atoms with Gasteiger partial charge in [-0.3, -0.25) is 4.79 Å². The number of rotatable bonds is 3. The number of methoxy groups -OCH3 is 1. The normalized spacial score (nSPS) is 23.7. The lowest BCUT2D eigenvalue weighted by Gasteiger charge is -2.25. The van der Waals surface area contributed by atoms with Crippen molar-refractivity contribution < 1.29 is 9.53 Å². The molecule has 0 bridgehead atoms. The summed E-state index contributed by atoms with van der Waals surface area (Å²) in [5, 5.41) is 0. The molecule has 0 aromatic heterocycles. The minimum absolute atomic E-state index is 0.192. The number of aryl methyl sites for hydroxylation is 1. The minimum atomic E-state index is 0.192. The first kappa shape index (κ1) is 13.1. The Morgan fingerprint density at radius 1 is 1.22 bits per heavy atom. The quantitative estimate of drug-likeness (QED) is 0.753. The van der Waals surface area contributed by atoms with Gasteiger partial charge in [-0.05, 0) is 37.8 Å². The zero-order valence-electron chi connectivity index (χ0n) is 11.5. The van der Waals surface area contributed by atoms with Crippen molar-refractivity contribution in [3.05, 3.63) is 29.3 Å². The smallest absolute Gasteiger partial charge is 0.169 e. The van der Waals surface area contributed by atoms with Gasteiger partial charge in [0.25, 0.3) is 0 Å². The Balaban J connectivity index is 2.20. The van der Waals surface area contributed by atoms with Gasteiger partial charge in [-0.25, -0.2) is 0 Å². The summed E-state index contributed by atoms with van der Waals surface area (Å²) in [5.41, 5.74) is 1.88. The van der Waals surface area contributed by atoms with Crippen molar-refractivity contribution in [2.75, 3.05) is 7.11 Å². The Bertz CT molecular complexity index is 429. The third-order valence-electron chi connectivity index (χ3n) is 4.01. The van der Waals surface area contributed by atoms with Crippen LogP contribution in [0.5, 0.6) is 5.75 Å². The van der Waals surface area contributed by atoms with Crippen LogP contribution >= 0.6 is 0 Å². The molecule has 1 aliphatic carbocycles. The second kappa shape index (κ2) is 5.55. The van der Waals surface area contributed by atoms with E-state index in [2.05, 4.69) is 6.92 Å². The summed E-state index contributed by atoms with van der Waals surface area (Å²) < 4.78 is 5.31. The first-order valence-corrected chi connectivity index (χ1v) is 6.80. The number of ether oxygens (including phenoxy) is 1. The van der Waals surface area contributed by atoms with E-state index in [-0.39, 0.29) is 11.7 Å². The predicted octanol–water partition coefficient (Wildman–Crippen LogP) is 4.01. The third-order valence-corrected chi connectivity index (χ3v) is 4.01. The van der Waals surface area contributed by atoms with E-state index in [1.807, 2.05) is 25.1 Å². The average Bonchev–Trinajstić information content (AvgIpc) is 2.39. The molecule has 1 fully saturated rings. The molecule has 0 saturated heterocycles. The first-order valence-electron chi connectivity index (χ1n) is 6.80. The Kier molecular flexibility index (Phi) is 4.05. The van der Waals surface area contributed by atoms with Gasteiger partial charge in [-0.15, -0.1) is 0 Å². The second-order valence-corrected chi connectivity index (χ2v) is 5.52. The molecule has 0 aliphatic heterocycles. The largest absolute Gasteiger partial charge is 0.496 e. The van der Waals surface area contributed by atoms with Crippen LogP contribution in [0.15, 0.2) is 18.2 Å². The molecule has 0 spiro atoms. The number of benzene rings is 1. The van der Waals surface area contributed by atoms with Crippen molar-refractivity contribution in [2.24, 2.45) is 11.8 Å². The van der Waals surface area contributed by atoms with E-state index >= 15 is 0 Å². The van der Waals surface area contributed by atoms with E-state index in [4.69, 9.17) is 4.74 Å². The van der Waals surface area contributed by atoms with Crippen LogP contribution in [0.4, 0.5) is 0 Å². The molecule has 1 aliphatic rings. The van der Waals surface area contributed by atoms with Crippen LogP contribution in [0.2, 0.25) is 0 Å². The van der Waals surface area contributed by atoms with Gasteiger partial charge in [-0.1, -0.05) is 31.4 Å². The maximum atomic E-state index is 12.6. The van der Waals surface area contributed by atoms with Crippen molar-refractivity contribution in [2.45, 2.75) is 39.5 Å². The highest BCUT2D eigenvalue weighted by Crippen LogP contribution is 2.33. The van der Waals surface area contributed by atoms with Crippen molar-refractivity contribution in [1.29, 1.82) is 0 Å². The van der Waals surface area contributed by atoms with Crippen LogP contribution in [0.3, 0.4) is 0 Å². The van der Waals surface area contributed by atoms with Gasteiger partial charge in [0.2, 0.25) is 0 Å². The highest BCUT2D eigenvalue weighted by molar-refractivity contribution is 6.00. The molecule has 98 valence electrons. The van der Waals surface area contributed by atoms with Crippen LogP contribution in [-0.4, -0.2) is 12.9 Å². The molecule has 1 saturated carbocycles. The lowest BCUT2D eigenvalue weighted by Crippen LogP contribution is -2.21. The van der Waals surface area contributed by atoms with Crippen molar-refractivity contribution >= 4 is 5.78 Å². The summed E-state index contributed by atoms with van der Waals surface area (Å²) in [6, 6.07) is 5.84. The van der Waals surface area contributed by atoms with Crippen LogP contribution < -0.4 is 4.74 Å². The van der Waals surface area contributed by atoms with E-state index in [0.29, 0.717) is 5.75 Å². The summed E-state index contributed by atoms with van der Waals surface area (Å²) in [4.78, 5) is 12.6. The van der Waals surface area contributed by atoms with Gasteiger partial charge >= 0.3 is 0 Å². The van der Waals surface area contributed by atoms with Gasteiger partial charge in [0.15, 0.2) is 5.78 Å². The zero-order valence-corrected chi connectivity index (χ0v) is 11.5. The average molecular weight is 246 g/mol. The van der Waals surface area contributed by atoms with Crippen LogP contribution in [-0.2, 0) is 0 Å². The summed E-state index contributed by atoms with van der Waals surface area (Å²) in [6.45, 7) is 4.28. The molecule has 2 rings (SSSR count). The molecule has 1 aromatic rings. The number of hydrogen-bond donors (Lipinski definition) is 0. The fourth-order valence-corrected chi connectivity index (χ4v) is 2.76. The third kappa shape index (κ3) is 2.74. The molecule has 0 amide bonds. The topological polar surface area (TPSA) is 26.3 Å². The van der Waals surface area contributed by atoms with Gasteiger partial charge in [0, 0.05) is 5.92 Å². The van der Waals surface area contributed by atoms with E-state index in [0.717, 1.165) is 29.9 Å². The fourth-order valence-electron chi connectivity index (χ4n) is 2.76. The van der Waals surface area contributed by atoms with Gasteiger partial charge in [-0.2, -0.15) is 0 Å². The highest BCUT2D eigenvalue weighted by atomic mass is 16.5. The van der Waals surface area contributed by atoms with E-state index < -0.39 is 0 Å². The van der Waals surface area contributed by atoms with E-state index in [1.54, 1.807) is 7.11 Å². The number of carbonyl (C=O) groups is 1. The van der Waals surface area contributed by atoms with E-state index in [1.165, 1.54) is 12.8 Å². The zero-order chi connectivity index (χ0) is 13.1. The number of ketones is 1. The summed E-state index contributed by atoms with van der Waals surface area (Å²) in [6.07, 6.45) is 4.39. The van der Waals surface area contributed by atoms with Gasteiger partial charge in [0.1, 0.15) is 5.75 Å². The monoisotopic (exact) mass is 246 g/mol. The molecular formula is C16H22O2. The summed E-state index contributed by atoms with van der Waals surface area (Å²) in [7, 11) is 1.63. The molecular weight excluding hydrogens is 224 g/mol. The van der Waals surface area contributed by atoms with Gasteiger partial charge < -0.3 is 4.74 Å². The SMILES string of the molecule is COc1ccc(C)cc1C(=O)C1CCC(C)CC1. The summed E-state index contributed by atoms with van der Waals surface area (Å²) >= 11 is 0. The molecule has 0 radical (unpaired) electrons. The second-order valence-electron chi connectivity index (χ2n) is 5.52. The van der Waals surface area contributed by atoms with Crippen molar-refractivity contribution in [3.63, 3.8) is 0 Å². The molecule has 2 heteroatoms. The van der Waals surface area contributed by atoms with Crippen molar-refractivity contribution in [1.82, 2.24) is 0 Å². The number of hydrogen-bond acceptors (Lipinski definition) is 2. The lowest BCUT2D eigenvalue weighted by molar-refractivity contribution is 0.0872. The predicted molar refractivity (Wildman–Crippen MR) is 73.2 cm³/mol. The van der Waals surface area contributed by atoms with Crippen LogP contribution in [0, 0.1) is 18.8 Å². The first-order chi connectivity index (χ1) is 8.61. The fraction of sp³-hybridized carbons (Fsp3) is 0.562. The number of carbonyl (C=O) groups excluding carboxylic acids is 1. The molecule has 18 heavy (non-hydrogen) atoms. The van der Waals surface area contributed by atoms with Crippen molar-refractivity contribution in [3.8, 4) is 5.75 Å².